The lowest BCUT2D eigenvalue weighted by Gasteiger charge is -2.23. The zero-order chi connectivity index (χ0) is 13.3. The van der Waals surface area contributed by atoms with E-state index in [2.05, 4.69) is 15.9 Å². The highest BCUT2D eigenvalue weighted by molar-refractivity contribution is 9.10. The van der Waals surface area contributed by atoms with Crippen molar-refractivity contribution in [3.8, 4) is 0 Å². The molecular formula is C13H14BrNO3. The molecule has 1 aromatic rings. The number of carboxylic acid groups (broad SMARTS) is 1. The van der Waals surface area contributed by atoms with E-state index in [-0.39, 0.29) is 11.8 Å². The Bertz CT molecular complexity index is 472. The fourth-order valence-corrected chi connectivity index (χ4v) is 2.77. The Labute approximate surface area is 114 Å². The van der Waals surface area contributed by atoms with Crippen LogP contribution in [0.2, 0.25) is 0 Å². The van der Waals surface area contributed by atoms with E-state index in [1.165, 1.54) is 11.8 Å². The third-order valence-electron chi connectivity index (χ3n) is 3.35. The van der Waals surface area contributed by atoms with Crippen LogP contribution >= 0.6 is 15.9 Å². The summed E-state index contributed by atoms with van der Waals surface area (Å²) < 4.78 is 0.958. The summed E-state index contributed by atoms with van der Waals surface area (Å²) >= 11 is 3.35. The zero-order valence-corrected chi connectivity index (χ0v) is 11.6. The summed E-state index contributed by atoms with van der Waals surface area (Å²) in [5.74, 6) is -1.24. The van der Waals surface area contributed by atoms with Gasteiger partial charge in [-0.3, -0.25) is 4.79 Å². The van der Waals surface area contributed by atoms with Gasteiger partial charge >= 0.3 is 5.97 Å². The Kier molecular flexibility index (Phi) is 3.71. The normalized spacial score (nSPS) is 23.1. The SMILES string of the molecule is CC(=O)N1CC[C@H](c2ccc(Br)cc2)[C@H]1C(=O)O. The number of carboxylic acids is 1. The lowest BCUT2D eigenvalue weighted by Crippen LogP contribution is -2.41. The molecule has 2 rings (SSSR count). The lowest BCUT2D eigenvalue weighted by atomic mass is 9.92. The summed E-state index contributed by atoms with van der Waals surface area (Å²) in [5.41, 5.74) is 0.967. The summed E-state index contributed by atoms with van der Waals surface area (Å²) in [6, 6.07) is 6.86. The van der Waals surface area contributed by atoms with Gasteiger partial charge in [0, 0.05) is 23.9 Å². The molecule has 0 saturated carbocycles. The minimum absolute atomic E-state index is 0.125. The van der Waals surface area contributed by atoms with Crippen molar-refractivity contribution >= 4 is 27.8 Å². The van der Waals surface area contributed by atoms with Crippen molar-refractivity contribution in [3.63, 3.8) is 0 Å². The molecule has 1 N–H and O–H groups in total. The first-order valence-electron chi connectivity index (χ1n) is 5.76. The number of halogens is 1. The standard InChI is InChI=1S/C13H14BrNO3/c1-8(16)15-7-6-11(12(15)13(17)18)9-2-4-10(14)5-3-9/h2-5,11-12H,6-7H2,1H3,(H,17,18)/t11-,12+/m1/s1. The number of hydrogen-bond acceptors (Lipinski definition) is 2. The highest BCUT2D eigenvalue weighted by atomic mass is 79.9. The van der Waals surface area contributed by atoms with E-state index in [4.69, 9.17) is 0 Å². The number of carbonyl (C=O) groups excluding carboxylic acids is 1. The van der Waals surface area contributed by atoms with Gasteiger partial charge in [-0.1, -0.05) is 28.1 Å². The van der Waals surface area contributed by atoms with Gasteiger partial charge in [-0.25, -0.2) is 4.79 Å². The Balaban J connectivity index is 2.30. The monoisotopic (exact) mass is 311 g/mol. The van der Waals surface area contributed by atoms with Gasteiger partial charge in [-0.2, -0.15) is 0 Å². The predicted octanol–water partition coefficient (Wildman–Crippen LogP) is 2.24. The van der Waals surface area contributed by atoms with Gasteiger partial charge in [0.15, 0.2) is 0 Å². The molecule has 0 aliphatic carbocycles. The second-order valence-electron chi connectivity index (χ2n) is 4.44. The average molecular weight is 312 g/mol. The molecule has 1 amide bonds. The second-order valence-corrected chi connectivity index (χ2v) is 5.36. The van der Waals surface area contributed by atoms with Gasteiger partial charge in [-0.05, 0) is 24.1 Å². The van der Waals surface area contributed by atoms with Crippen LogP contribution < -0.4 is 0 Å². The van der Waals surface area contributed by atoms with Crippen LogP contribution in [0, 0.1) is 0 Å². The Morgan fingerprint density at radius 2 is 1.94 bits per heavy atom. The van der Waals surface area contributed by atoms with E-state index < -0.39 is 12.0 Å². The number of aliphatic carboxylic acids is 1. The molecule has 4 nitrogen and oxygen atoms in total. The van der Waals surface area contributed by atoms with Crippen LogP contribution in [0.1, 0.15) is 24.8 Å². The van der Waals surface area contributed by atoms with Crippen LogP contribution in [-0.2, 0) is 9.59 Å². The molecule has 1 aliphatic rings. The molecule has 18 heavy (non-hydrogen) atoms. The minimum Gasteiger partial charge on any atom is -0.480 e. The maximum atomic E-state index is 11.4. The highest BCUT2D eigenvalue weighted by Gasteiger charge is 2.41. The molecule has 5 heteroatoms. The van der Waals surface area contributed by atoms with Gasteiger partial charge in [0.1, 0.15) is 6.04 Å². The molecule has 0 unspecified atom stereocenters. The summed E-state index contributed by atoms with van der Waals surface area (Å²) in [4.78, 5) is 24.3. The van der Waals surface area contributed by atoms with Crippen LogP contribution in [-0.4, -0.2) is 34.5 Å². The maximum Gasteiger partial charge on any atom is 0.327 e. The van der Waals surface area contributed by atoms with Crippen molar-refractivity contribution in [3.05, 3.63) is 34.3 Å². The van der Waals surface area contributed by atoms with Crippen LogP contribution in [0.25, 0.3) is 0 Å². The fourth-order valence-electron chi connectivity index (χ4n) is 2.51. The van der Waals surface area contributed by atoms with Crippen molar-refractivity contribution in [1.29, 1.82) is 0 Å². The minimum atomic E-state index is -0.935. The van der Waals surface area contributed by atoms with Gasteiger partial charge in [-0.15, -0.1) is 0 Å². The molecule has 1 aromatic carbocycles. The topological polar surface area (TPSA) is 57.6 Å². The molecule has 1 aliphatic heterocycles. The van der Waals surface area contributed by atoms with Crippen LogP contribution in [0.3, 0.4) is 0 Å². The molecule has 1 heterocycles. The average Bonchev–Trinajstić information content (AvgIpc) is 2.74. The van der Waals surface area contributed by atoms with E-state index in [1.54, 1.807) is 0 Å². The number of rotatable bonds is 2. The fraction of sp³-hybridized carbons (Fsp3) is 0.385. The van der Waals surface area contributed by atoms with Crippen LogP contribution in [0.15, 0.2) is 28.7 Å². The molecule has 0 bridgehead atoms. The highest BCUT2D eigenvalue weighted by Crippen LogP contribution is 2.34. The Hall–Kier alpha value is -1.36. The van der Waals surface area contributed by atoms with E-state index in [1.807, 2.05) is 24.3 Å². The molecular weight excluding hydrogens is 298 g/mol. The van der Waals surface area contributed by atoms with Gasteiger partial charge < -0.3 is 10.0 Å². The molecule has 1 saturated heterocycles. The van der Waals surface area contributed by atoms with Gasteiger partial charge in [0.2, 0.25) is 5.91 Å². The van der Waals surface area contributed by atoms with Gasteiger partial charge in [0.25, 0.3) is 0 Å². The number of carbonyl (C=O) groups is 2. The first-order chi connectivity index (χ1) is 8.50. The Morgan fingerprint density at radius 1 is 1.33 bits per heavy atom. The molecule has 0 spiro atoms. The number of nitrogens with zero attached hydrogens (tertiary/aromatic N) is 1. The quantitative estimate of drug-likeness (QED) is 0.911. The summed E-state index contributed by atoms with van der Waals surface area (Å²) in [6.07, 6.45) is 0.693. The first kappa shape index (κ1) is 13.1. The molecule has 2 atom stereocenters. The van der Waals surface area contributed by atoms with Crippen molar-refractivity contribution < 1.29 is 14.7 Å². The summed E-state index contributed by atoms with van der Waals surface area (Å²) in [7, 11) is 0. The third-order valence-corrected chi connectivity index (χ3v) is 3.88. The maximum absolute atomic E-state index is 11.4. The molecule has 1 fully saturated rings. The third kappa shape index (κ3) is 2.41. The van der Waals surface area contributed by atoms with E-state index in [9.17, 15) is 14.7 Å². The molecule has 0 aromatic heterocycles. The first-order valence-corrected chi connectivity index (χ1v) is 6.55. The molecule has 96 valence electrons. The number of hydrogen-bond donors (Lipinski definition) is 1. The predicted molar refractivity (Wildman–Crippen MR) is 70.3 cm³/mol. The van der Waals surface area contributed by atoms with E-state index in [0.717, 1.165) is 10.0 Å². The smallest absolute Gasteiger partial charge is 0.327 e. The Morgan fingerprint density at radius 3 is 2.44 bits per heavy atom. The number of likely N-dealkylation sites (tertiary alicyclic amines) is 1. The summed E-state index contributed by atoms with van der Waals surface area (Å²) in [6.45, 7) is 1.92. The van der Waals surface area contributed by atoms with Crippen molar-refractivity contribution in [1.82, 2.24) is 4.90 Å². The van der Waals surface area contributed by atoms with E-state index in [0.29, 0.717) is 13.0 Å². The number of benzene rings is 1. The number of amides is 1. The molecule has 0 radical (unpaired) electrons. The van der Waals surface area contributed by atoms with Gasteiger partial charge in [0.05, 0.1) is 0 Å². The van der Waals surface area contributed by atoms with Crippen molar-refractivity contribution in [2.45, 2.75) is 25.3 Å². The second kappa shape index (κ2) is 5.10. The largest absolute Gasteiger partial charge is 0.480 e. The van der Waals surface area contributed by atoms with Crippen molar-refractivity contribution in [2.75, 3.05) is 6.54 Å². The van der Waals surface area contributed by atoms with Crippen molar-refractivity contribution in [2.24, 2.45) is 0 Å². The van der Waals surface area contributed by atoms with Crippen LogP contribution in [0.5, 0.6) is 0 Å². The van der Waals surface area contributed by atoms with Crippen LogP contribution in [0.4, 0.5) is 0 Å². The summed E-state index contributed by atoms with van der Waals surface area (Å²) in [5, 5.41) is 9.32. The van der Waals surface area contributed by atoms with E-state index >= 15 is 0 Å². The lowest BCUT2D eigenvalue weighted by molar-refractivity contribution is -0.147. The zero-order valence-electron chi connectivity index (χ0n) is 9.97.